The molecule has 0 radical (unpaired) electrons. The van der Waals surface area contributed by atoms with E-state index in [1.807, 2.05) is 19.9 Å². The third kappa shape index (κ3) is 2.45. The van der Waals surface area contributed by atoms with Crippen LogP contribution in [0, 0.1) is 11.3 Å². The zero-order chi connectivity index (χ0) is 9.68. The van der Waals surface area contributed by atoms with Gasteiger partial charge in [-0.1, -0.05) is 6.92 Å². The van der Waals surface area contributed by atoms with Crippen molar-refractivity contribution in [3.8, 4) is 11.9 Å². The average molecular weight is 176 g/mol. The molecule has 0 saturated carbocycles. The Morgan fingerprint density at radius 1 is 1.69 bits per heavy atom. The van der Waals surface area contributed by atoms with Crippen LogP contribution in [0.15, 0.2) is 18.3 Å². The topological polar surface area (TPSA) is 45.9 Å². The molecule has 0 aliphatic rings. The van der Waals surface area contributed by atoms with E-state index in [2.05, 4.69) is 4.98 Å². The number of rotatable bonds is 3. The van der Waals surface area contributed by atoms with Crippen molar-refractivity contribution in [2.24, 2.45) is 0 Å². The molecular formula is C10H12N2O. The molecule has 1 unspecified atom stereocenters. The Kier molecular flexibility index (Phi) is 3.27. The first-order chi connectivity index (χ1) is 6.27. The molecule has 0 saturated heterocycles. The number of hydrogen-bond donors (Lipinski definition) is 0. The maximum atomic E-state index is 8.73. The molecule has 3 heteroatoms. The third-order valence-corrected chi connectivity index (χ3v) is 1.78. The van der Waals surface area contributed by atoms with E-state index < -0.39 is 0 Å². The molecule has 68 valence electrons. The highest BCUT2D eigenvalue weighted by Crippen LogP contribution is 2.14. The van der Waals surface area contributed by atoms with Gasteiger partial charge in [0.1, 0.15) is 11.6 Å². The molecule has 1 aromatic rings. The number of pyridine rings is 1. The summed E-state index contributed by atoms with van der Waals surface area (Å²) in [7, 11) is 0. The average Bonchev–Trinajstić information content (AvgIpc) is 2.18. The number of aromatic nitrogens is 1. The zero-order valence-electron chi connectivity index (χ0n) is 7.82. The Morgan fingerprint density at radius 3 is 3.08 bits per heavy atom. The van der Waals surface area contributed by atoms with Crippen LogP contribution in [0.4, 0.5) is 0 Å². The van der Waals surface area contributed by atoms with E-state index in [1.165, 1.54) is 0 Å². The van der Waals surface area contributed by atoms with E-state index in [0.717, 1.165) is 6.42 Å². The lowest BCUT2D eigenvalue weighted by molar-refractivity contribution is 0.208. The molecule has 1 aromatic heterocycles. The molecule has 0 bridgehead atoms. The van der Waals surface area contributed by atoms with Gasteiger partial charge in [0.15, 0.2) is 0 Å². The molecule has 0 amide bonds. The molecule has 0 fully saturated rings. The molecule has 0 spiro atoms. The van der Waals surface area contributed by atoms with E-state index in [1.54, 1.807) is 18.3 Å². The Morgan fingerprint density at radius 2 is 2.46 bits per heavy atom. The van der Waals surface area contributed by atoms with Crippen LogP contribution in [0.5, 0.6) is 5.88 Å². The minimum absolute atomic E-state index is 0.0991. The maximum Gasteiger partial charge on any atom is 0.231 e. The smallest absolute Gasteiger partial charge is 0.231 e. The largest absolute Gasteiger partial charge is 0.474 e. The molecule has 0 N–H and O–H groups in total. The summed E-state index contributed by atoms with van der Waals surface area (Å²) in [5.74, 6) is 0.430. The molecule has 13 heavy (non-hydrogen) atoms. The number of nitriles is 1. The highest BCUT2D eigenvalue weighted by atomic mass is 16.5. The Labute approximate surface area is 78.0 Å². The van der Waals surface area contributed by atoms with Crippen molar-refractivity contribution in [2.75, 3.05) is 0 Å². The zero-order valence-corrected chi connectivity index (χ0v) is 7.82. The second-order valence-electron chi connectivity index (χ2n) is 2.80. The fourth-order valence-electron chi connectivity index (χ4n) is 0.844. The summed E-state index contributed by atoms with van der Waals surface area (Å²) in [6.07, 6.45) is 2.63. The second kappa shape index (κ2) is 4.46. The predicted molar refractivity (Wildman–Crippen MR) is 49.3 cm³/mol. The Hall–Kier alpha value is -1.56. The molecule has 1 atom stereocenters. The van der Waals surface area contributed by atoms with Crippen molar-refractivity contribution in [1.82, 2.24) is 4.98 Å². The third-order valence-electron chi connectivity index (χ3n) is 1.78. The molecule has 3 nitrogen and oxygen atoms in total. The highest BCUT2D eigenvalue weighted by Gasteiger charge is 2.06. The standard InChI is InChI=1S/C10H12N2O/c1-3-8(2)13-10-9(7-11)5-4-6-12-10/h4-6,8H,3H2,1-2H3. The van der Waals surface area contributed by atoms with Gasteiger partial charge in [-0.15, -0.1) is 0 Å². The van der Waals surface area contributed by atoms with Gasteiger partial charge in [-0.3, -0.25) is 0 Å². The number of nitrogens with zero attached hydrogens (tertiary/aromatic N) is 2. The monoisotopic (exact) mass is 176 g/mol. The van der Waals surface area contributed by atoms with Gasteiger partial charge in [-0.2, -0.15) is 5.26 Å². The summed E-state index contributed by atoms with van der Waals surface area (Å²) in [4.78, 5) is 3.99. The molecular weight excluding hydrogens is 164 g/mol. The van der Waals surface area contributed by atoms with Crippen LogP contribution in [-0.2, 0) is 0 Å². The first-order valence-electron chi connectivity index (χ1n) is 4.29. The Bertz CT molecular complexity index is 317. The summed E-state index contributed by atoms with van der Waals surface area (Å²) in [6, 6.07) is 5.46. The molecule has 0 aliphatic carbocycles. The first-order valence-corrected chi connectivity index (χ1v) is 4.29. The van der Waals surface area contributed by atoms with Crippen molar-refractivity contribution >= 4 is 0 Å². The van der Waals surface area contributed by atoms with Gasteiger partial charge in [0, 0.05) is 6.20 Å². The lowest BCUT2D eigenvalue weighted by Gasteiger charge is -2.11. The van der Waals surface area contributed by atoms with Crippen molar-refractivity contribution in [1.29, 1.82) is 5.26 Å². The number of hydrogen-bond acceptors (Lipinski definition) is 3. The van der Waals surface area contributed by atoms with Crippen LogP contribution in [0.25, 0.3) is 0 Å². The molecule has 0 aromatic carbocycles. The van der Waals surface area contributed by atoms with E-state index in [0.29, 0.717) is 11.4 Å². The lowest BCUT2D eigenvalue weighted by Crippen LogP contribution is -2.11. The van der Waals surface area contributed by atoms with Crippen LogP contribution in [0.3, 0.4) is 0 Å². The summed E-state index contributed by atoms with van der Waals surface area (Å²) < 4.78 is 5.45. The van der Waals surface area contributed by atoms with E-state index >= 15 is 0 Å². The summed E-state index contributed by atoms with van der Waals surface area (Å²) in [6.45, 7) is 3.98. The van der Waals surface area contributed by atoms with Gasteiger partial charge in [0.25, 0.3) is 0 Å². The van der Waals surface area contributed by atoms with Crippen molar-refractivity contribution in [2.45, 2.75) is 26.4 Å². The van der Waals surface area contributed by atoms with Gasteiger partial charge < -0.3 is 4.74 Å². The quantitative estimate of drug-likeness (QED) is 0.708. The van der Waals surface area contributed by atoms with Gasteiger partial charge >= 0.3 is 0 Å². The first kappa shape index (κ1) is 9.53. The molecule has 0 aliphatic heterocycles. The van der Waals surface area contributed by atoms with Crippen LogP contribution < -0.4 is 4.74 Å². The maximum absolute atomic E-state index is 8.73. The van der Waals surface area contributed by atoms with Gasteiger partial charge in [0.2, 0.25) is 5.88 Å². The molecule has 1 heterocycles. The van der Waals surface area contributed by atoms with Crippen LogP contribution in [0.2, 0.25) is 0 Å². The SMILES string of the molecule is CCC(C)Oc1ncccc1C#N. The van der Waals surface area contributed by atoms with Crippen LogP contribution in [-0.4, -0.2) is 11.1 Å². The minimum atomic E-state index is 0.0991. The van der Waals surface area contributed by atoms with Crippen molar-refractivity contribution in [3.63, 3.8) is 0 Å². The predicted octanol–water partition coefficient (Wildman–Crippen LogP) is 2.13. The molecule has 1 rings (SSSR count). The van der Waals surface area contributed by atoms with E-state index in [-0.39, 0.29) is 6.10 Å². The minimum Gasteiger partial charge on any atom is -0.474 e. The van der Waals surface area contributed by atoms with E-state index in [9.17, 15) is 0 Å². The fourth-order valence-corrected chi connectivity index (χ4v) is 0.844. The summed E-state index contributed by atoms with van der Waals surface area (Å²) >= 11 is 0. The van der Waals surface area contributed by atoms with Gasteiger partial charge in [-0.25, -0.2) is 4.98 Å². The normalized spacial score (nSPS) is 11.8. The van der Waals surface area contributed by atoms with Crippen molar-refractivity contribution in [3.05, 3.63) is 23.9 Å². The fraction of sp³-hybridized carbons (Fsp3) is 0.400. The van der Waals surface area contributed by atoms with Gasteiger partial charge in [-0.05, 0) is 25.5 Å². The highest BCUT2D eigenvalue weighted by molar-refractivity contribution is 5.37. The van der Waals surface area contributed by atoms with Crippen molar-refractivity contribution < 1.29 is 4.74 Å². The second-order valence-corrected chi connectivity index (χ2v) is 2.80. The summed E-state index contributed by atoms with van der Waals surface area (Å²) in [5, 5.41) is 8.73. The van der Waals surface area contributed by atoms with Crippen LogP contribution >= 0.6 is 0 Å². The summed E-state index contributed by atoms with van der Waals surface area (Å²) in [5.41, 5.74) is 0.489. The van der Waals surface area contributed by atoms with Gasteiger partial charge in [0.05, 0.1) is 6.10 Å². The number of ether oxygens (including phenoxy) is 1. The Balaban J connectivity index is 2.82. The lowest BCUT2D eigenvalue weighted by atomic mass is 10.3. The van der Waals surface area contributed by atoms with E-state index in [4.69, 9.17) is 10.00 Å². The van der Waals surface area contributed by atoms with Crippen LogP contribution in [0.1, 0.15) is 25.8 Å².